The van der Waals surface area contributed by atoms with Crippen molar-refractivity contribution in [2.75, 3.05) is 18.5 Å². The Labute approximate surface area is 141 Å². The third-order valence-electron chi connectivity index (χ3n) is 6.10. The molecule has 0 aromatic heterocycles. The summed E-state index contributed by atoms with van der Waals surface area (Å²) in [5.74, 6) is 0. The summed E-state index contributed by atoms with van der Waals surface area (Å²) in [6.45, 7) is 0. The van der Waals surface area contributed by atoms with E-state index in [1.54, 1.807) is 10.5 Å². The molecule has 2 bridgehead atoms. The Balaban J connectivity index is 1.71. The molecule has 0 radical (unpaired) electrons. The van der Waals surface area contributed by atoms with Gasteiger partial charge in [0.05, 0.1) is 0 Å². The Bertz CT molecular complexity index is 628. The van der Waals surface area contributed by atoms with E-state index in [1.807, 2.05) is 0 Å². The Morgan fingerprint density at radius 2 is 1.19 bits per heavy atom. The number of halogens is 1. The second kappa shape index (κ2) is 4.91. The Morgan fingerprint density at radius 3 is 1.71 bits per heavy atom. The van der Waals surface area contributed by atoms with Crippen LogP contribution in [0.1, 0.15) is 0 Å². The van der Waals surface area contributed by atoms with Crippen LogP contribution in [0.5, 0.6) is 0 Å². The van der Waals surface area contributed by atoms with Gasteiger partial charge in [-0.2, -0.15) is 0 Å². The molecular weight excluding hydrogens is 402 g/mol. The van der Waals surface area contributed by atoms with Crippen molar-refractivity contribution in [1.82, 2.24) is 0 Å². The summed E-state index contributed by atoms with van der Waals surface area (Å²) in [7, 11) is -1.17. The van der Waals surface area contributed by atoms with Gasteiger partial charge in [0.15, 0.2) is 0 Å². The van der Waals surface area contributed by atoms with Crippen LogP contribution in [0.4, 0.5) is 0 Å². The summed E-state index contributed by atoms with van der Waals surface area (Å²) >= 11 is 2.97. The fourth-order valence-electron chi connectivity index (χ4n) is 4.53. The Hall–Kier alpha value is -0.183. The minimum atomic E-state index is -1.63. The molecule has 3 aliphatic rings. The zero-order chi connectivity index (χ0) is 14.4. The SMILES string of the molecule is IP12(c3ccccc3)CC[Si](c3ccccc3)(CC1)CC2. The molecule has 3 fully saturated rings. The first-order valence-corrected chi connectivity index (χ1v) is 16.2. The van der Waals surface area contributed by atoms with Crippen molar-refractivity contribution in [2.45, 2.75) is 18.1 Å². The van der Waals surface area contributed by atoms with Crippen LogP contribution in [-0.2, 0) is 0 Å². The Kier molecular flexibility index (Phi) is 3.37. The predicted octanol–water partition coefficient (Wildman–Crippen LogP) is 4.60. The molecule has 21 heavy (non-hydrogen) atoms. The average Bonchev–Trinajstić information content (AvgIpc) is 2.58. The van der Waals surface area contributed by atoms with E-state index >= 15 is 0 Å². The van der Waals surface area contributed by atoms with Crippen LogP contribution in [0, 0.1) is 0 Å². The van der Waals surface area contributed by atoms with Crippen LogP contribution in [0.3, 0.4) is 0 Å². The molecule has 0 saturated carbocycles. The standard InChI is InChI=1S/C18H22IPSi/c19-20(17-7-3-1-4-8-17)11-14-21(15-12-20,16-13-20)18-9-5-2-6-10-18/h1-10H,11-16H2. The van der Waals surface area contributed by atoms with Crippen molar-refractivity contribution in [2.24, 2.45) is 0 Å². The van der Waals surface area contributed by atoms with Crippen LogP contribution in [0.15, 0.2) is 60.7 Å². The minimum absolute atomic E-state index is 1.17. The number of benzene rings is 2. The third-order valence-corrected chi connectivity index (χ3v) is 23.9. The summed E-state index contributed by atoms with van der Waals surface area (Å²) in [5, 5.41) is 3.44. The second-order valence-electron chi connectivity index (χ2n) is 6.99. The fourth-order valence-corrected chi connectivity index (χ4v) is 28.2. The van der Waals surface area contributed by atoms with Crippen LogP contribution < -0.4 is 10.5 Å². The van der Waals surface area contributed by atoms with Gasteiger partial charge in [0.1, 0.15) is 0 Å². The van der Waals surface area contributed by atoms with E-state index in [0.29, 0.717) is 0 Å². The molecule has 2 aromatic carbocycles. The molecule has 3 heteroatoms. The van der Waals surface area contributed by atoms with E-state index in [0.717, 1.165) is 0 Å². The number of hydrogen-bond acceptors (Lipinski definition) is 0. The zero-order valence-electron chi connectivity index (χ0n) is 12.3. The van der Waals surface area contributed by atoms with Crippen molar-refractivity contribution in [3.05, 3.63) is 60.7 Å². The van der Waals surface area contributed by atoms with Crippen LogP contribution in [0.25, 0.3) is 0 Å². The quantitative estimate of drug-likeness (QED) is 0.376. The van der Waals surface area contributed by atoms with Gasteiger partial charge in [0.2, 0.25) is 0 Å². The van der Waals surface area contributed by atoms with Crippen LogP contribution in [0.2, 0.25) is 18.1 Å². The average molecular weight is 424 g/mol. The van der Waals surface area contributed by atoms with Gasteiger partial charge in [-0.25, -0.2) is 0 Å². The molecule has 3 aliphatic heterocycles. The number of rotatable bonds is 2. The molecule has 0 atom stereocenters. The van der Waals surface area contributed by atoms with Gasteiger partial charge in [-0.15, -0.1) is 0 Å². The second-order valence-corrected chi connectivity index (χ2v) is 24.3. The van der Waals surface area contributed by atoms with Gasteiger partial charge in [-0.3, -0.25) is 0 Å². The fraction of sp³-hybridized carbons (Fsp3) is 0.333. The van der Waals surface area contributed by atoms with E-state index in [4.69, 9.17) is 0 Å². The molecule has 110 valence electrons. The van der Waals surface area contributed by atoms with E-state index in [-0.39, 0.29) is 0 Å². The molecule has 0 amide bonds. The zero-order valence-corrected chi connectivity index (χ0v) is 16.4. The molecule has 0 spiro atoms. The molecule has 0 unspecified atom stereocenters. The van der Waals surface area contributed by atoms with Crippen LogP contribution in [-0.4, -0.2) is 26.6 Å². The molecule has 0 aliphatic carbocycles. The molecular formula is C18H22IPSi. The molecule has 0 N–H and O–H groups in total. The normalized spacial score (nSPS) is 31.2. The molecule has 3 heterocycles. The summed E-state index contributed by atoms with van der Waals surface area (Å²) in [4.78, 5) is 0. The number of fused-ring (bicyclic) bond motifs is 3. The predicted molar refractivity (Wildman–Crippen MR) is 108 cm³/mol. The summed E-state index contributed by atoms with van der Waals surface area (Å²) in [5.41, 5.74) is 0. The maximum atomic E-state index is 2.97. The molecule has 2 aromatic rings. The third kappa shape index (κ3) is 2.17. The summed E-state index contributed by atoms with van der Waals surface area (Å²) in [6, 6.07) is 27.6. The first-order valence-electron chi connectivity index (χ1n) is 7.97. The van der Waals surface area contributed by atoms with Gasteiger partial charge in [0, 0.05) is 0 Å². The van der Waals surface area contributed by atoms with Gasteiger partial charge in [-0.05, 0) is 0 Å². The number of hydrogen-bond donors (Lipinski definition) is 0. The topological polar surface area (TPSA) is 0 Å². The van der Waals surface area contributed by atoms with E-state index in [9.17, 15) is 0 Å². The van der Waals surface area contributed by atoms with Crippen molar-refractivity contribution in [1.29, 1.82) is 0 Å². The van der Waals surface area contributed by atoms with Gasteiger partial charge in [-0.1, -0.05) is 0 Å². The van der Waals surface area contributed by atoms with Crippen molar-refractivity contribution >= 4 is 44.9 Å². The van der Waals surface area contributed by atoms with E-state index in [1.165, 1.54) is 36.6 Å². The Morgan fingerprint density at radius 1 is 0.714 bits per heavy atom. The van der Waals surface area contributed by atoms with Gasteiger partial charge < -0.3 is 0 Å². The summed E-state index contributed by atoms with van der Waals surface area (Å²) in [6.07, 6.45) is 4.53. The van der Waals surface area contributed by atoms with Gasteiger partial charge >= 0.3 is 142 Å². The van der Waals surface area contributed by atoms with Crippen molar-refractivity contribution in [3.63, 3.8) is 0 Å². The van der Waals surface area contributed by atoms with Gasteiger partial charge in [0.25, 0.3) is 0 Å². The maximum absolute atomic E-state index is 2.97. The molecule has 5 rings (SSSR count). The van der Waals surface area contributed by atoms with Crippen molar-refractivity contribution in [3.8, 4) is 0 Å². The monoisotopic (exact) mass is 424 g/mol. The van der Waals surface area contributed by atoms with Crippen molar-refractivity contribution < 1.29 is 0 Å². The van der Waals surface area contributed by atoms with E-state index < -0.39 is 12.3 Å². The summed E-state index contributed by atoms with van der Waals surface area (Å²) < 4.78 is -1.63. The molecule has 3 saturated heterocycles. The van der Waals surface area contributed by atoms with E-state index in [2.05, 4.69) is 82.7 Å². The van der Waals surface area contributed by atoms with Crippen LogP contribution >= 0.6 is 26.3 Å². The molecule has 0 nitrogen and oxygen atoms in total. The first kappa shape index (κ1) is 14.4. The first-order chi connectivity index (χ1) is 10.1.